The van der Waals surface area contributed by atoms with Crippen molar-refractivity contribution in [3.05, 3.63) is 11.8 Å². The number of rotatable bonds is 6. The lowest BCUT2D eigenvalue weighted by Crippen LogP contribution is -2.62. The van der Waals surface area contributed by atoms with E-state index in [-0.39, 0.29) is 0 Å². The largest absolute Gasteiger partial charge is 0.462 e. The van der Waals surface area contributed by atoms with Crippen LogP contribution in [-0.2, 0) is 4.74 Å². The van der Waals surface area contributed by atoms with E-state index < -0.39 is 54.5 Å². The Kier molecular flexibility index (Phi) is 6.14. The highest BCUT2D eigenvalue weighted by molar-refractivity contribution is 5.09. The van der Waals surface area contributed by atoms with E-state index in [2.05, 4.69) is 4.74 Å². The van der Waals surface area contributed by atoms with Crippen molar-refractivity contribution in [3.63, 3.8) is 0 Å². The zero-order chi connectivity index (χ0) is 21.6. The Balaban J connectivity index is 5.64. The molecule has 0 heterocycles. The van der Waals surface area contributed by atoms with E-state index in [1.165, 1.54) is 0 Å². The van der Waals surface area contributed by atoms with Gasteiger partial charge in [0.25, 0.3) is 5.83 Å². The van der Waals surface area contributed by atoms with Crippen LogP contribution in [0.2, 0.25) is 0 Å². The fourth-order valence-electron chi connectivity index (χ4n) is 0.964. The Hall–Kier alpha value is -1.58. The summed E-state index contributed by atoms with van der Waals surface area (Å²) in [6.07, 6.45) is -14.1. The Morgan fingerprint density at radius 3 is 1.27 bits per heavy atom. The summed E-state index contributed by atoms with van der Waals surface area (Å²) in [6, 6.07) is -3.89. The van der Waals surface area contributed by atoms with Crippen LogP contribution in [0.15, 0.2) is 11.8 Å². The first-order chi connectivity index (χ1) is 11.0. The van der Waals surface area contributed by atoms with E-state index in [0.29, 0.717) is 0 Å². The highest BCUT2D eigenvalue weighted by atomic mass is 19.4. The zero-order valence-corrected chi connectivity index (χ0v) is 11.2. The second-order valence-corrected chi connectivity index (χ2v) is 4.30. The van der Waals surface area contributed by atoms with Crippen molar-refractivity contribution in [1.29, 1.82) is 0 Å². The zero-order valence-electron chi connectivity index (χ0n) is 11.2. The van der Waals surface area contributed by atoms with E-state index in [4.69, 9.17) is 0 Å². The van der Waals surface area contributed by atoms with Crippen LogP contribution < -0.4 is 0 Å². The molecule has 0 amide bonds. The summed E-state index contributed by atoms with van der Waals surface area (Å²) < 4.78 is 198. The quantitative estimate of drug-likeness (QED) is 0.384. The molecular formula is C9H2F16O. The smallest absolute Gasteiger partial charge is 0.460 e. The third-order valence-corrected chi connectivity index (χ3v) is 2.39. The molecule has 0 aromatic heterocycles. The highest BCUT2D eigenvalue weighted by Gasteiger charge is 2.82. The van der Waals surface area contributed by atoms with Gasteiger partial charge in [-0.1, -0.05) is 0 Å². The average Bonchev–Trinajstić information content (AvgIpc) is 2.40. The van der Waals surface area contributed by atoms with Crippen molar-refractivity contribution in [1.82, 2.24) is 0 Å². The Bertz CT molecular complexity index is 537. The summed E-state index contributed by atoms with van der Waals surface area (Å²) in [6.45, 7) is -3.64. The lowest BCUT2D eigenvalue weighted by Gasteiger charge is -2.33. The van der Waals surface area contributed by atoms with Gasteiger partial charge >= 0.3 is 42.1 Å². The van der Waals surface area contributed by atoms with Crippen LogP contribution in [0.25, 0.3) is 0 Å². The Morgan fingerprint density at radius 1 is 0.577 bits per heavy atom. The molecule has 0 unspecified atom stereocenters. The molecule has 0 spiro atoms. The number of ether oxygens (including phenoxy) is 1. The first kappa shape index (κ1) is 24.4. The topological polar surface area (TPSA) is 9.23 Å². The van der Waals surface area contributed by atoms with Crippen molar-refractivity contribution >= 4 is 0 Å². The summed E-state index contributed by atoms with van der Waals surface area (Å²) in [7, 11) is 0. The predicted octanol–water partition coefficient (Wildman–Crippen LogP) is 5.78. The standard InChI is InChI=1S/C9H2F16O/c10-2(5(14,15)8(20,21)22)3(11)26-1-4(12,13)6(16,17)7(18,19)9(23,24)25/h1H2. The number of hydrogen-bond acceptors (Lipinski definition) is 1. The number of hydrogen-bond donors (Lipinski definition) is 0. The lowest BCUT2D eigenvalue weighted by atomic mass is 10.0. The van der Waals surface area contributed by atoms with Gasteiger partial charge in [-0.3, -0.25) is 0 Å². The molecule has 0 bridgehead atoms. The summed E-state index contributed by atoms with van der Waals surface area (Å²) in [4.78, 5) is 0. The van der Waals surface area contributed by atoms with Gasteiger partial charge in [0.15, 0.2) is 6.61 Å². The minimum Gasteiger partial charge on any atom is -0.462 e. The molecule has 0 saturated heterocycles. The maximum Gasteiger partial charge on any atom is 0.460 e. The molecule has 0 radical (unpaired) electrons. The molecule has 0 rings (SSSR count). The van der Waals surface area contributed by atoms with Crippen LogP contribution in [-0.4, -0.2) is 42.6 Å². The van der Waals surface area contributed by atoms with Crippen LogP contribution in [0.1, 0.15) is 0 Å². The Labute approximate surface area is 131 Å². The van der Waals surface area contributed by atoms with Gasteiger partial charge in [-0.15, -0.1) is 0 Å². The van der Waals surface area contributed by atoms with Crippen molar-refractivity contribution in [2.24, 2.45) is 0 Å². The van der Waals surface area contributed by atoms with Crippen molar-refractivity contribution in [3.8, 4) is 0 Å². The van der Waals surface area contributed by atoms with Gasteiger partial charge in [0.1, 0.15) is 0 Å². The number of halogens is 16. The molecule has 0 fully saturated rings. The molecule has 156 valence electrons. The van der Waals surface area contributed by atoms with Crippen molar-refractivity contribution in [2.75, 3.05) is 6.61 Å². The lowest BCUT2D eigenvalue weighted by molar-refractivity contribution is -0.399. The third-order valence-electron chi connectivity index (χ3n) is 2.39. The molecule has 0 atom stereocenters. The molecular weight excluding hydrogens is 428 g/mol. The van der Waals surface area contributed by atoms with Gasteiger partial charge in [0.2, 0.25) is 0 Å². The van der Waals surface area contributed by atoms with Crippen LogP contribution in [0, 0.1) is 0 Å². The highest BCUT2D eigenvalue weighted by Crippen LogP contribution is 2.53. The maximum absolute atomic E-state index is 12.8. The Morgan fingerprint density at radius 2 is 0.962 bits per heavy atom. The van der Waals surface area contributed by atoms with Crippen LogP contribution in [0.5, 0.6) is 0 Å². The number of alkyl halides is 14. The predicted molar refractivity (Wildman–Crippen MR) is 47.1 cm³/mol. The van der Waals surface area contributed by atoms with Gasteiger partial charge in [-0.25, -0.2) is 0 Å². The van der Waals surface area contributed by atoms with Gasteiger partial charge < -0.3 is 4.74 Å². The second kappa shape index (κ2) is 6.54. The third kappa shape index (κ3) is 4.05. The van der Waals surface area contributed by atoms with E-state index in [9.17, 15) is 70.2 Å². The van der Waals surface area contributed by atoms with Gasteiger partial charge in [-0.05, 0) is 0 Å². The molecule has 0 N–H and O–H groups in total. The average molecular weight is 430 g/mol. The van der Waals surface area contributed by atoms with Gasteiger partial charge in [-0.2, -0.15) is 70.2 Å². The first-order valence-electron chi connectivity index (χ1n) is 5.37. The van der Waals surface area contributed by atoms with E-state index >= 15 is 0 Å². The van der Waals surface area contributed by atoms with Crippen molar-refractivity contribution in [2.45, 2.75) is 36.0 Å². The fraction of sp³-hybridized carbons (Fsp3) is 0.778. The van der Waals surface area contributed by atoms with Crippen molar-refractivity contribution < 1.29 is 75.0 Å². The first-order valence-corrected chi connectivity index (χ1v) is 5.37. The maximum atomic E-state index is 12.8. The second-order valence-electron chi connectivity index (χ2n) is 4.30. The van der Waals surface area contributed by atoms with Crippen LogP contribution in [0.4, 0.5) is 70.2 Å². The molecule has 0 aromatic carbocycles. The fourth-order valence-corrected chi connectivity index (χ4v) is 0.964. The van der Waals surface area contributed by atoms with Crippen LogP contribution in [0.3, 0.4) is 0 Å². The minimum atomic E-state index is -7.46. The van der Waals surface area contributed by atoms with E-state index in [0.717, 1.165) is 0 Å². The number of allylic oxidation sites excluding steroid dienone is 1. The SMILES string of the molecule is FC(OCC(F)(F)C(F)(F)C(F)(F)C(F)(F)F)=C(F)C(F)(F)C(F)(F)F. The molecule has 0 saturated carbocycles. The molecule has 26 heavy (non-hydrogen) atoms. The van der Waals surface area contributed by atoms with E-state index in [1.54, 1.807) is 0 Å². The minimum absolute atomic E-state index is 2.47. The normalized spacial score (nSPS) is 16.5. The summed E-state index contributed by atoms with van der Waals surface area (Å²) in [5, 5.41) is 0. The van der Waals surface area contributed by atoms with Gasteiger partial charge in [0.05, 0.1) is 0 Å². The molecule has 0 aliphatic carbocycles. The summed E-state index contributed by atoms with van der Waals surface area (Å²) in [5.74, 6) is -32.5. The van der Waals surface area contributed by atoms with Gasteiger partial charge in [0, 0.05) is 0 Å². The summed E-state index contributed by atoms with van der Waals surface area (Å²) >= 11 is 0. The van der Waals surface area contributed by atoms with E-state index in [1.807, 2.05) is 0 Å². The summed E-state index contributed by atoms with van der Waals surface area (Å²) in [5.41, 5.74) is 0. The monoisotopic (exact) mass is 430 g/mol. The molecule has 0 aliphatic heterocycles. The molecule has 1 nitrogen and oxygen atoms in total. The van der Waals surface area contributed by atoms with Crippen LogP contribution >= 0.6 is 0 Å². The molecule has 0 aliphatic rings. The molecule has 0 aromatic rings. The molecule has 17 heteroatoms.